The summed E-state index contributed by atoms with van der Waals surface area (Å²) in [5.74, 6) is 0. The average molecular weight is 318 g/mol. The van der Waals surface area contributed by atoms with Gasteiger partial charge in [-0.1, -0.05) is 0 Å². The van der Waals surface area contributed by atoms with E-state index in [4.69, 9.17) is 24.1 Å². The molecule has 1 atom stereocenters. The van der Waals surface area contributed by atoms with Gasteiger partial charge in [-0.3, -0.25) is 0 Å². The van der Waals surface area contributed by atoms with Gasteiger partial charge in [0.15, 0.2) is 0 Å². The van der Waals surface area contributed by atoms with Gasteiger partial charge in [0.1, 0.15) is 0 Å². The molecule has 4 aliphatic rings. The Labute approximate surface area is 135 Å². The molecule has 1 unspecified atom stereocenters. The standard InChI is InChI=1S/C5H10O2.3C4H8O/c6-4-5-2-1-3-7-5;3*1-2-4-5-3-1/h5-6H,1-4H2;3*1-4H2. The summed E-state index contributed by atoms with van der Waals surface area (Å²) >= 11 is 0. The van der Waals surface area contributed by atoms with Gasteiger partial charge >= 0.3 is 0 Å². The van der Waals surface area contributed by atoms with Gasteiger partial charge < -0.3 is 24.1 Å². The molecule has 1 N–H and O–H groups in total. The maximum absolute atomic E-state index is 8.44. The zero-order valence-electron chi connectivity index (χ0n) is 14.0. The highest BCUT2D eigenvalue weighted by Crippen LogP contribution is 2.09. The second-order valence-corrected chi connectivity index (χ2v) is 5.78. The summed E-state index contributed by atoms with van der Waals surface area (Å²) < 4.78 is 19.9. The molecular formula is C17H34O5. The molecule has 4 saturated heterocycles. The van der Waals surface area contributed by atoms with Gasteiger partial charge in [-0.15, -0.1) is 0 Å². The SMILES string of the molecule is C1CCOC1.C1CCOC1.C1CCOC1.OCC1CCCO1. The fraction of sp³-hybridized carbons (Fsp3) is 1.00. The summed E-state index contributed by atoms with van der Waals surface area (Å²) in [6.45, 7) is 7.03. The predicted octanol–water partition coefficient (Wildman–Crippen LogP) is 2.55. The van der Waals surface area contributed by atoms with Crippen LogP contribution in [0, 0.1) is 0 Å². The van der Waals surface area contributed by atoms with E-state index in [1.165, 1.54) is 38.5 Å². The Bertz CT molecular complexity index is 160. The van der Waals surface area contributed by atoms with Crippen molar-refractivity contribution in [2.75, 3.05) is 52.9 Å². The first-order valence-corrected chi connectivity index (χ1v) is 8.89. The van der Waals surface area contributed by atoms with Crippen molar-refractivity contribution in [2.24, 2.45) is 0 Å². The van der Waals surface area contributed by atoms with E-state index in [2.05, 4.69) is 0 Å². The van der Waals surface area contributed by atoms with E-state index in [1.807, 2.05) is 0 Å². The van der Waals surface area contributed by atoms with Gasteiger partial charge in [0.25, 0.3) is 0 Å². The Morgan fingerprint density at radius 2 is 1.00 bits per heavy atom. The summed E-state index contributed by atoms with van der Waals surface area (Å²) in [6.07, 6.45) is 9.97. The van der Waals surface area contributed by atoms with Crippen LogP contribution in [0.4, 0.5) is 0 Å². The van der Waals surface area contributed by atoms with E-state index in [-0.39, 0.29) is 12.7 Å². The molecular weight excluding hydrogens is 284 g/mol. The molecule has 0 aromatic carbocycles. The maximum Gasteiger partial charge on any atom is 0.0806 e. The van der Waals surface area contributed by atoms with Crippen molar-refractivity contribution in [1.29, 1.82) is 0 Å². The molecule has 22 heavy (non-hydrogen) atoms. The minimum atomic E-state index is 0.153. The topological polar surface area (TPSA) is 57.2 Å². The summed E-state index contributed by atoms with van der Waals surface area (Å²) in [5, 5.41) is 8.44. The summed E-state index contributed by atoms with van der Waals surface area (Å²) in [4.78, 5) is 0. The van der Waals surface area contributed by atoms with E-state index < -0.39 is 0 Å². The molecule has 5 heteroatoms. The number of rotatable bonds is 1. The van der Waals surface area contributed by atoms with Gasteiger partial charge in [-0.25, -0.2) is 0 Å². The molecule has 0 aromatic heterocycles. The largest absolute Gasteiger partial charge is 0.394 e. The molecule has 4 fully saturated rings. The van der Waals surface area contributed by atoms with Crippen molar-refractivity contribution in [2.45, 2.75) is 57.5 Å². The second kappa shape index (κ2) is 15.7. The van der Waals surface area contributed by atoms with E-state index in [0.29, 0.717) is 0 Å². The molecule has 132 valence electrons. The Balaban J connectivity index is 0.000000148. The summed E-state index contributed by atoms with van der Waals surface area (Å²) in [7, 11) is 0. The van der Waals surface area contributed by atoms with Crippen molar-refractivity contribution in [3.05, 3.63) is 0 Å². The van der Waals surface area contributed by atoms with Crippen LogP contribution in [0.2, 0.25) is 0 Å². The predicted molar refractivity (Wildman–Crippen MR) is 86.2 cm³/mol. The summed E-state index contributed by atoms with van der Waals surface area (Å²) in [6, 6.07) is 0. The third-order valence-electron chi connectivity index (χ3n) is 3.71. The Morgan fingerprint density at radius 1 is 0.591 bits per heavy atom. The lowest BCUT2D eigenvalue weighted by atomic mass is 10.2. The van der Waals surface area contributed by atoms with E-state index in [0.717, 1.165) is 59.1 Å². The quantitative estimate of drug-likeness (QED) is 0.805. The van der Waals surface area contributed by atoms with Gasteiger partial charge in [-0.2, -0.15) is 0 Å². The lowest BCUT2D eigenvalue weighted by molar-refractivity contribution is 0.0591. The van der Waals surface area contributed by atoms with Crippen LogP contribution >= 0.6 is 0 Å². The van der Waals surface area contributed by atoms with Crippen molar-refractivity contribution >= 4 is 0 Å². The number of aliphatic hydroxyl groups is 1. The molecule has 0 aromatic rings. The highest BCUT2D eigenvalue weighted by Gasteiger charge is 2.12. The minimum Gasteiger partial charge on any atom is -0.394 e. The Hall–Kier alpha value is -0.200. The monoisotopic (exact) mass is 318 g/mol. The molecule has 4 heterocycles. The normalized spacial score (nSPS) is 26.3. The third kappa shape index (κ3) is 12.4. The molecule has 0 amide bonds. The number of hydrogen-bond donors (Lipinski definition) is 1. The fourth-order valence-electron chi connectivity index (χ4n) is 2.32. The molecule has 5 nitrogen and oxygen atoms in total. The molecule has 0 radical (unpaired) electrons. The second-order valence-electron chi connectivity index (χ2n) is 5.78. The first-order chi connectivity index (χ1) is 10.9. The van der Waals surface area contributed by atoms with Crippen LogP contribution in [-0.4, -0.2) is 64.1 Å². The smallest absolute Gasteiger partial charge is 0.0806 e. The molecule has 0 aliphatic carbocycles. The van der Waals surface area contributed by atoms with Crippen molar-refractivity contribution in [3.8, 4) is 0 Å². The zero-order chi connectivity index (χ0) is 15.7. The minimum absolute atomic E-state index is 0.153. The van der Waals surface area contributed by atoms with Gasteiger partial charge in [0.2, 0.25) is 0 Å². The highest BCUT2D eigenvalue weighted by atomic mass is 16.5. The van der Waals surface area contributed by atoms with E-state index >= 15 is 0 Å². The molecule has 4 aliphatic heterocycles. The van der Waals surface area contributed by atoms with Gasteiger partial charge in [0.05, 0.1) is 12.7 Å². The zero-order valence-corrected chi connectivity index (χ0v) is 14.0. The van der Waals surface area contributed by atoms with Crippen molar-refractivity contribution in [1.82, 2.24) is 0 Å². The van der Waals surface area contributed by atoms with E-state index in [1.54, 1.807) is 0 Å². The number of ether oxygens (including phenoxy) is 4. The van der Waals surface area contributed by atoms with E-state index in [9.17, 15) is 0 Å². The average Bonchev–Trinajstić information content (AvgIpc) is 3.44. The van der Waals surface area contributed by atoms with Crippen LogP contribution in [-0.2, 0) is 18.9 Å². The molecule has 0 saturated carbocycles. The maximum atomic E-state index is 8.44. The van der Waals surface area contributed by atoms with Crippen LogP contribution < -0.4 is 0 Å². The molecule has 0 spiro atoms. The highest BCUT2D eigenvalue weighted by molar-refractivity contribution is 4.61. The molecule has 4 rings (SSSR count). The fourth-order valence-corrected chi connectivity index (χ4v) is 2.32. The number of aliphatic hydroxyl groups excluding tert-OH is 1. The van der Waals surface area contributed by atoms with Crippen LogP contribution in [0.3, 0.4) is 0 Å². The first-order valence-electron chi connectivity index (χ1n) is 8.89. The first kappa shape index (κ1) is 19.8. The Kier molecular flexibility index (Phi) is 14.2. The van der Waals surface area contributed by atoms with Gasteiger partial charge in [-0.05, 0) is 51.4 Å². The third-order valence-corrected chi connectivity index (χ3v) is 3.71. The van der Waals surface area contributed by atoms with Crippen LogP contribution in [0.15, 0.2) is 0 Å². The molecule has 0 bridgehead atoms. The van der Waals surface area contributed by atoms with Crippen molar-refractivity contribution < 1.29 is 24.1 Å². The lowest BCUT2D eigenvalue weighted by Crippen LogP contribution is -2.09. The summed E-state index contributed by atoms with van der Waals surface area (Å²) in [5.41, 5.74) is 0. The van der Waals surface area contributed by atoms with Gasteiger partial charge in [0, 0.05) is 46.2 Å². The lowest BCUT2D eigenvalue weighted by Gasteiger charge is -2.00. The van der Waals surface area contributed by atoms with Crippen LogP contribution in [0.5, 0.6) is 0 Å². The number of hydrogen-bond acceptors (Lipinski definition) is 5. The van der Waals surface area contributed by atoms with Crippen LogP contribution in [0.1, 0.15) is 51.4 Å². The van der Waals surface area contributed by atoms with Crippen molar-refractivity contribution in [3.63, 3.8) is 0 Å². The van der Waals surface area contributed by atoms with Crippen LogP contribution in [0.25, 0.3) is 0 Å². The Morgan fingerprint density at radius 3 is 1.14 bits per heavy atom.